The summed E-state index contributed by atoms with van der Waals surface area (Å²) in [6.45, 7) is -0.839. The number of Topliss-reactive ketones (excluding diaryl/α,β-unsaturated/α-hetero) is 1. The first kappa shape index (κ1) is 19.2. The summed E-state index contributed by atoms with van der Waals surface area (Å²) in [5.74, 6) is -1.94. The zero-order valence-corrected chi connectivity index (χ0v) is 15.2. The Kier molecular flexibility index (Phi) is 5.46. The van der Waals surface area contributed by atoms with Crippen LogP contribution in [0.5, 0.6) is 0 Å². The van der Waals surface area contributed by atoms with Gasteiger partial charge in [0.1, 0.15) is 17.6 Å². The minimum absolute atomic E-state index is 0.301. The normalized spacial score (nSPS) is 11.8. The smallest absolute Gasteiger partial charge is 0.254 e. The molecule has 0 bridgehead atoms. The van der Waals surface area contributed by atoms with E-state index in [9.17, 15) is 14.4 Å². The van der Waals surface area contributed by atoms with Crippen LogP contribution in [0.15, 0.2) is 47.1 Å². The summed E-state index contributed by atoms with van der Waals surface area (Å²) in [4.78, 5) is 37.6. The first-order valence-corrected chi connectivity index (χ1v) is 8.41. The molecule has 1 atom stereocenters. The number of rotatable bonds is 6. The fourth-order valence-electron chi connectivity index (χ4n) is 2.85. The Labute approximate surface area is 159 Å². The Bertz CT molecular complexity index is 1010. The average Bonchev–Trinajstić information content (AvgIpc) is 3.20. The SMILES string of the molecule is CNC(=O)C(C(=O)CO)N(C)C(=O)c1ccc(-c2ccc3nonc3c2)cc1. The molecule has 9 nitrogen and oxygen atoms in total. The zero-order valence-electron chi connectivity index (χ0n) is 15.2. The molecule has 0 spiro atoms. The van der Waals surface area contributed by atoms with Gasteiger partial charge in [-0.3, -0.25) is 14.4 Å². The molecule has 3 aromatic rings. The van der Waals surface area contributed by atoms with E-state index in [0.29, 0.717) is 16.6 Å². The van der Waals surface area contributed by atoms with Crippen molar-refractivity contribution in [3.05, 3.63) is 48.0 Å². The van der Waals surface area contributed by atoms with Crippen LogP contribution in [0.25, 0.3) is 22.2 Å². The summed E-state index contributed by atoms with van der Waals surface area (Å²) in [7, 11) is 2.70. The Morgan fingerprint density at radius 3 is 2.36 bits per heavy atom. The van der Waals surface area contributed by atoms with Gasteiger partial charge < -0.3 is 15.3 Å². The Hall–Kier alpha value is -3.59. The number of fused-ring (bicyclic) bond motifs is 1. The van der Waals surface area contributed by atoms with Crippen LogP contribution in [-0.4, -0.2) is 64.7 Å². The van der Waals surface area contributed by atoms with Crippen molar-refractivity contribution in [3.63, 3.8) is 0 Å². The van der Waals surface area contributed by atoms with E-state index in [4.69, 9.17) is 5.11 Å². The lowest BCUT2D eigenvalue weighted by Crippen LogP contribution is -2.52. The molecule has 2 N–H and O–H groups in total. The first-order chi connectivity index (χ1) is 13.5. The molecule has 0 saturated carbocycles. The van der Waals surface area contributed by atoms with Crippen LogP contribution in [0.4, 0.5) is 0 Å². The molecule has 0 aliphatic carbocycles. The number of benzene rings is 2. The second kappa shape index (κ2) is 7.97. The quantitative estimate of drug-likeness (QED) is 0.599. The second-order valence-electron chi connectivity index (χ2n) is 6.10. The van der Waals surface area contributed by atoms with Gasteiger partial charge >= 0.3 is 0 Å². The van der Waals surface area contributed by atoms with Gasteiger partial charge in [-0.25, -0.2) is 4.63 Å². The number of nitrogens with zero attached hydrogens (tertiary/aromatic N) is 3. The topological polar surface area (TPSA) is 126 Å². The largest absolute Gasteiger partial charge is 0.388 e. The van der Waals surface area contributed by atoms with E-state index in [1.54, 1.807) is 30.3 Å². The average molecular weight is 382 g/mol. The van der Waals surface area contributed by atoms with E-state index in [0.717, 1.165) is 16.0 Å². The van der Waals surface area contributed by atoms with E-state index in [1.807, 2.05) is 12.1 Å². The Balaban J connectivity index is 1.84. The van der Waals surface area contributed by atoms with Crippen LogP contribution in [0.2, 0.25) is 0 Å². The monoisotopic (exact) mass is 382 g/mol. The van der Waals surface area contributed by atoms with Crippen molar-refractivity contribution in [3.8, 4) is 11.1 Å². The molecule has 1 unspecified atom stereocenters. The van der Waals surface area contributed by atoms with Crippen molar-refractivity contribution in [2.24, 2.45) is 0 Å². The van der Waals surface area contributed by atoms with Crippen molar-refractivity contribution >= 4 is 28.6 Å². The third-order valence-corrected chi connectivity index (χ3v) is 4.38. The van der Waals surface area contributed by atoms with Crippen LogP contribution in [0.3, 0.4) is 0 Å². The van der Waals surface area contributed by atoms with Gasteiger partial charge in [0.15, 0.2) is 11.8 Å². The third-order valence-electron chi connectivity index (χ3n) is 4.38. The number of ketones is 1. The number of aromatic nitrogens is 2. The summed E-state index contributed by atoms with van der Waals surface area (Å²) in [6.07, 6.45) is 0. The van der Waals surface area contributed by atoms with Crippen LogP contribution < -0.4 is 5.32 Å². The van der Waals surface area contributed by atoms with E-state index in [1.165, 1.54) is 14.1 Å². The number of carbonyl (C=O) groups excluding carboxylic acids is 3. The number of aliphatic hydroxyl groups is 1. The van der Waals surface area contributed by atoms with E-state index in [2.05, 4.69) is 20.3 Å². The van der Waals surface area contributed by atoms with Gasteiger partial charge in [0.05, 0.1) is 0 Å². The highest BCUT2D eigenvalue weighted by Gasteiger charge is 2.32. The lowest BCUT2D eigenvalue weighted by Gasteiger charge is -2.25. The highest BCUT2D eigenvalue weighted by atomic mass is 16.6. The molecule has 0 radical (unpaired) electrons. The minimum Gasteiger partial charge on any atom is -0.388 e. The van der Waals surface area contributed by atoms with E-state index < -0.39 is 30.2 Å². The summed E-state index contributed by atoms with van der Waals surface area (Å²) >= 11 is 0. The molecule has 2 amide bonds. The van der Waals surface area contributed by atoms with Crippen LogP contribution >= 0.6 is 0 Å². The molecule has 2 aromatic carbocycles. The number of hydrogen-bond acceptors (Lipinski definition) is 7. The molecule has 0 aliphatic rings. The highest BCUT2D eigenvalue weighted by molar-refractivity contribution is 6.10. The molecule has 144 valence electrons. The molecule has 0 aliphatic heterocycles. The van der Waals surface area contributed by atoms with Crippen molar-refractivity contribution < 1.29 is 24.1 Å². The maximum atomic E-state index is 12.7. The van der Waals surface area contributed by atoms with Crippen molar-refractivity contribution in [1.29, 1.82) is 0 Å². The molecular weight excluding hydrogens is 364 g/mol. The highest BCUT2D eigenvalue weighted by Crippen LogP contribution is 2.23. The molecule has 1 heterocycles. The van der Waals surface area contributed by atoms with Gasteiger partial charge in [0, 0.05) is 19.7 Å². The lowest BCUT2D eigenvalue weighted by molar-refractivity contribution is -0.135. The van der Waals surface area contributed by atoms with Gasteiger partial charge in [-0.15, -0.1) is 0 Å². The second-order valence-corrected chi connectivity index (χ2v) is 6.10. The van der Waals surface area contributed by atoms with Gasteiger partial charge in [-0.2, -0.15) is 0 Å². The standard InChI is InChI=1S/C19H18N4O5/c1-20-18(26)17(16(25)10-24)23(2)19(27)12-5-3-11(4-6-12)13-7-8-14-15(9-13)22-28-21-14/h3-9,17,24H,10H2,1-2H3,(H,20,26). The molecule has 0 fully saturated rings. The van der Waals surface area contributed by atoms with Gasteiger partial charge in [0.2, 0.25) is 5.91 Å². The predicted molar refractivity (Wildman–Crippen MR) is 99.3 cm³/mol. The number of carbonyl (C=O) groups is 3. The zero-order chi connectivity index (χ0) is 20.3. The van der Waals surface area contributed by atoms with E-state index in [-0.39, 0.29) is 0 Å². The van der Waals surface area contributed by atoms with Crippen molar-refractivity contribution in [2.45, 2.75) is 6.04 Å². The molecule has 0 saturated heterocycles. The summed E-state index contributed by atoms with van der Waals surface area (Å²) in [6, 6.07) is 10.8. The van der Waals surface area contributed by atoms with Gasteiger partial charge in [-0.1, -0.05) is 18.2 Å². The van der Waals surface area contributed by atoms with Gasteiger partial charge in [0.25, 0.3) is 5.91 Å². The molecule has 9 heteroatoms. The third kappa shape index (κ3) is 3.60. The van der Waals surface area contributed by atoms with Crippen LogP contribution in [-0.2, 0) is 9.59 Å². The van der Waals surface area contributed by atoms with Crippen LogP contribution in [0, 0.1) is 0 Å². The number of aliphatic hydroxyl groups excluding tert-OH is 1. The van der Waals surface area contributed by atoms with Gasteiger partial charge in [-0.05, 0) is 45.7 Å². The van der Waals surface area contributed by atoms with E-state index >= 15 is 0 Å². The lowest BCUT2D eigenvalue weighted by atomic mass is 10.0. The molecule has 3 rings (SSSR count). The van der Waals surface area contributed by atoms with Crippen LogP contribution in [0.1, 0.15) is 10.4 Å². The number of likely N-dealkylation sites (N-methyl/N-ethyl adjacent to an activating group) is 2. The maximum Gasteiger partial charge on any atom is 0.254 e. The molecule has 28 heavy (non-hydrogen) atoms. The minimum atomic E-state index is -1.40. The fraction of sp³-hybridized carbons (Fsp3) is 0.211. The summed E-state index contributed by atoms with van der Waals surface area (Å²) in [5, 5.41) is 19.0. The van der Waals surface area contributed by atoms with Crippen molar-refractivity contribution in [2.75, 3.05) is 20.7 Å². The Morgan fingerprint density at radius 2 is 1.71 bits per heavy atom. The van der Waals surface area contributed by atoms with Crippen molar-refractivity contribution in [1.82, 2.24) is 20.5 Å². The molecular formula is C19H18N4O5. The number of amides is 2. The Morgan fingerprint density at radius 1 is 1.07 bits per heavy atom. The maximum absolute atomic E-state index is 12.7. The number of hydrogen-bond donors (Lipinski definition) is 2. The molecule has 1 aromatic heterocycles. The summed E-state index contributed by atoms with van der Waals surface area (Å²) < 4.78 is 4.68. The first-order valence-electron chi connectivity index (χ1n) is 8.41. The number of nitrogens with one attached hydrogen (secondary N) is 1. The fourth-order valence-corrected chi connectivity index (χ4v) is 2.85. The summed E-state index contributed by atoms with van der Waals surface area (Å²) in [5.41, 5.74) is 3.28. The predicted octanol–water partition coefficient (Wildman–Crippen LogP) is 0.638.